The molecule has 0 radical (unpaired) electrons. The van der Waals surface area contributed by atoms with Crippen LogP contribution >= 0.6 is 0 Å². The van der Waals surface area contributed by atoms with E-state index >= 15 is 0 Å². The molecular formula is C20H25N3O5S2. The predicted octanol–water partition coefficient (Wildman–Crippen LogP) is 2.12. The molecule has 0 unspecified atom stereocenters. The van der Waals surface area contributed by atoms with Crippen LogP contribution < -0.4 is 9.62 Å². The van der Waals surface area contributed by atoms with Gasteiger partial charge in [0.05, 0.1) is 16.8 Å². The molecule has 0 spiro atoms. The standard InChI is InChI=1S/C20H25N3O5S2/c1-22(29(2,25)26)18-8-6-7-17(15-18)21-20(24)16-11-13-23(14-12-16)30(27,28)19-9-4-3-5-10-19/h3-10,15-16H,11-14H2,1-2H3,(H,21,24). The highest BCUT2D eigenvalue weighted by molar-refractivity contribution is 7.92. The number of anilines is 2. The van der Waals surface area contributed by atoms with Gasteiger partial charge in [-0.15, -0.1) is 0 Å². The summed E-state index contributed by atoms with van der Waals surface area (Å²) in [6.07, 6.45) is 1.94. The molecule has 0 aromatic heterocycles. The molecular weight excluding hydrogens is 426 g/mol. The van der Waals surface area contributed by atoms with Crippen molar-refractivity contribution in [2.24, 2.45) is 5.92 Å². The van der Waals surface area contributed by atoms with Crippen LogP contribution in [0.3, 0.4) is 0 Å². The molecule has 30 heavy (non-hydrogen) atoms. The van der Waals surface area contributed by atoms with Crippen LogP contribution in [0.1, 0.15) is 12.8 Å². The molecule has 10 heteroatoms. The maximum atomic E-state index is 12.7. The van der Waals surface area contributed by atoms with Gasteiger partial charge in [-0.3, -0.25) is 9.10 Å². The van der Waals surface area contributed by atoms with Crippen molar-refractivity contribution in [3.8, 4) is 0 Å². The van der Waals surface area contributed by atoms with Crippen molar-refractivity contribution in [2.75, 3.05) is 36.0 Å². The molecule has 0 aliphatic carbocycles. The van der Waals surface area contributed by atoms with E-state index in [0.717, 1.165) is 10.6 Å². The largest absolute Gasteiger partial charge is 0.326 e. The van der Waals surface area contributed by atoms with Gasteiger partial charge in [0, 0.05) is 31.7 Å². The number of hydrogen-bond acceptors (Lipinski definition) is 5. The van der Waals surface area contributed by atoms with E-state index in [4.69, 9.17) is 0 Å². The molecule has 1 heterocycles. The SMILES string of the molecule is CN(c1cccc(NC(=O)C2CCN(S(=O)(=O)c3ccccc3)CC2)c1)S(C)(=O)=O. The third kappa shape index (κ3) is 5.00. The first-order chi connectivity index (χ1) is 14.1. The quantitative estimate of drug-likeness (QED) is 0.725. The van der Waals surface area contributed by atoms with E-state index in [-0.39, 0.29) is 29.8 Å². The minimum absolute atomic E-state index is 0.203. The number of benzene rings is 2. The molecule has 2 aromatic rings. The Kier molecular flexibility index (Phi) is 6.49. The summed E-state index contributed by atoms with van der Waals surface area (Å²) in [7, 11) is -5.52. The fourth-order valence-electron chi connectivity index (χ4n) is 3.32. The molecule has 8 nitrogen and oxygen atoms in total. The zero-order chi connectivity index (χ0) is 21.9. The van der Waals surface area contributed by atoms with Gasteiger partial charge < -0.3 is 5.32 Å². The lowest BCUT2D eigenvalue weighted by Gasteiger charge is -2.30. The van der Waals surface area contributed by atoms with Crippen molar-refractivity contribution < 1.29 is 21.6 Å². The van der Waals surface area contributed by atoms with Crippen LogP contribution in [-0.2, 0) is 24.8 Å². The van der Waals surface area contributed by atoms with E-state index < -0.39 is 20.0 Å². The lowest BCUT2D eigenvalue weighted by atomic mass is 9.97. The van der Waals surface area contributed by atoms with Gasteiger partial charge in [0.1, 0.15) is 0 Å². The van der Waals surface area contributed by atoms with E-state index in [1.807, 2.05) is 0 Å². The van der Waals surface area contributed by atoms with E-state index in [0.29, 0.717) is 24.2 Å². The molecule has 1 aliphatic rings. The predicted molar refractivity (Wildman–Crippen MR) is 116 cm³/mol. The second-order valence-corrected chi connectivity index (χ2v) is 11.2. The maximum absolute atomic E-state index is 12.7. The molecule has 0 bridgehead atoms. The molecule has 3 rings (SSSR count). The Morgan fingerprint density at radius 1 is 1.00 bits per heavy atom. The minimum Gasteiger partial charge on any atom is -0.326 e. The van der Waals surface area contributed by atoms with Crippen LogP contribution in [0, 0.1) is 5.92 Å². The third-order valence-electron chi connectivity index (χ3n) is 5.18. The lowest BCUT2D eigenvalue weighted by molar-refractivity contribution is -0.120. The van der Waals surface area contributed by atoms with E-state index in [1.165, 1.54) is 11.4 Å². The molecule has 1 amide bonds. The molecule has 162 valence electrons. The summed E-state index contributed by atoms with van der Waals surface area (Å²) < 4.78 is 51.4. The molecule has 1 saturated heterocycles. The summed E-state index contributed by atoms with van der Waals surface area (Å²) in [4.78, 5) is 12.9. The zero-order valence-corrected chi connectivity index (χ0v) is 18.5. The number of rotatable bonds is 6. The molecule has 1 fully saturated rings. The number of carbonyl (C=O) groups is 1. The van der Waals surface area contributed by atoms with Crippen LogP contribution in [0.15, 0.2) is 59.5 Å². The average molecular weight is 452 g/mol. The monoisotopic (exact) mass is 451 g/mol. The Morgan fingerprint density at radius 2 is 1.63 bits per heavy atom. The molecule has 0 atom stereocenters. The summed E-state index contributed by atoms with van der Waals surface area (Å²) in [5.74, 6) is -0.519. The number of carbonyl (C=O) groups excluding carboxylic acids is 1. The first-order valence-corrected chi connectivity index (χ1v) is 12.8. The normalized spacial score (nSPS) is 16.2. The van der Waals surface area contributed by atoms with Gasteiger partial charge in [0.15, 0.2) is 0 Å². The minimum atomic E-state index is -3.56. The molecule has 2 aromatic carbocycles. The Bertz CT molecular complexity index is 1110. The first kappa shape index (κ1) is 22.3. The summed E-state index contributed by atoms with van der Waals surface area (Å²) in [6.45, 7) is 0.540. The number of sulfonamides is 2. The molecule has 0 saturated carbocycles. The zero-order valence-electron chi connectivity index (χ0n) is 16.9. The average Bonchev–Trinajstić information content (AvgIpc) is 2.73. The second kappa shape index (κ2) is 8.75. The van der Waals surface area contributed by atoms with Crippen molar-refractivity contribution in [3.05, 3.63) is 54.6 Å². The van der Waals surface area contributed by atoms with Crippen LogP contribution in [0.2, 0.25) is 0 Å². The lowest BCUT2D eigenvalue weighted by Crippen LogP contribution is -2.41. The van der Waals surface area contributed by atoms with Gasteiger partial charge in [-0.2, -0.15) is 4.31 Å². The summed E-state index contributed by atoms with van der Waals surface area (Å²) in [5, 5.41) is 2.82. The van der Waals surface area contributed by atoms with Crippen molar-refractivity contribution in [1.29, 1.82) is 0 Å². The Morgan fingerprint density at radius 3 is 2.23 bits per heavy atom. The van der Waals surface area contributed by atoms with Crippen LogP contribution in [-0.4, -0.2) is 53.4 Å². The fourth-order valence-corrected chi connectivity index (χ4v) is 5.30. The van der Waals surface area contributed by atoms with Crippen molar-refractivity contribution in [3.63, 3.8) is 0 Å². The first-order valence-electron chi connectivity index (χ1n) is 9.49. The number of nitrogens with zero attached hydrogens (tertiary/aromatic N) is 2. The summed E-state index contributed by atoms with van der Waals surface area (Å²) >= 11 is 0. The van der Waals surface area contributed by atoms with Crippen LogP contribution in [0.4, 0.5) is 11.4 Å². The van der Waals surface area contributed by atoms with Gasteiger partial charge >= 0.3 is 0 Å². The highest BCUT2D eigenvalue weighted by Gasteiger charge is 2.32. The van der Waals surface area contributed by atoms with E-state index in [2.05, 4.69) is 5.32 Å². The second-order valence-electron chi connectivity index (χ2n) is 7.26. The number of amides is 1. The number of hydrogen-bond donors (Lipinski definition) is 1. The van der Waals surface area contributed by atoms with Gasteiger partial charge in [-0.1, -0.05) is 24.3 Å². The topological polar surface area (TPSA) is 104 Å². The smallest absolute Gasteiger partial charge is 0.243 e. The fraction of sp³-hybridized carbons (Fsp3) is 0.350. The van der Waals surface area contributed by atoms with E-state index in [9.17, 15) is 21.6 Å². The van der Waals surface area contributed by atoms with Crippen LogP contribution in [0.5, 0.6) is 0 Å². The van der Waals surface area contributed by atoms with Crippen molar-refractivity contribution >= 4 is 37.3 Å². The maximum Gasteiger partial charge on any atom is 0.243 e. The summed E-state index contributed by atoms with van der Waals surface area (Å²) in [5.41, 5.74) is 0.936. The Labute approximate surface area is 177 Å². The van der Waals surface area contributed by atoms with Gasteiger partial charge in [-0.25, -0.2) is 16.8 Å². The van der Waals surface area contributed by atoms with Gasteiger partial charge in [-0.05, 0) is 43.2 Å². The Balaban J connectivity index is 1.63. The van der Waals surface area contributed by atoms with E-state index in [1.54, 1.807) is 54.6 Å². The van der Waals surface area contributed by atoms with Crippen molar-refractivity contribution in [2.45, 2.75) is 17.7 Å². The third-order valence-corrected chi connectivity index (χ3v) is 8.30. The number of piperidine rings is 1. The highest BCUT2D eigenvalue weighted by atomic mass is 32.2. The van der Waals surface area contributed by atoms with Gasteiger partial charge in [0.25, 0.3) is 0 Å². The van der Waals surface area contributed by atoms with Gasteiger partial charge in [0.2, 0.25) is 26.0 Å². The Hall–Kier alpha value is -2.43. The molecule has 1 aliphatic heterocycles. The number of nitrogens with one attached hydrogen (secondary N) is 1. The van der Waals surface area contributed by atoms with Crippen LogP contribution in [0.25, 0.3) is 0 Å². The summed E-state index contributed by atoms with van der Waals surface area (Å²) in [6, 6.07) is 14.8. The molecule has 1 N–H and O–H groups in total. The highest BCUT2D eigenvalue weighted by Crippen LogP contribution is 2.26. The van der Waals surface area contributed by atoms with Crippen molar-refractivity contribution in [1.82, 2.24) is 4.31 Å².